The van der Waals surface area contributed by atoms with Crippen LogP contribution < -0.4 is 14.8 Å². The van der Waals surface area contributed by atoms with Gasteiger partial charge in [-0.1, -0.05) is 18.2 Å². The molecule has 0 spiro atoms. The molecule has 0 bridgehead atoms. The van der Waals surface area contributed by atoms with Gasteiger partial charge in [-0.15, -0.1) is 0 Å². The number of benzene rings is 2. The largest absolute Gasteiger partial charge is 0.494 e. The monoisotopic (exact) mass is 371 g/mol. The first-order chi connectivity index (χ1) is 12.9. The summed E-state index contributed by atoms with van der Waals surface area (Å²) in [6, 6.07) is 12.7. The Morgan fingerprint density at radius 3 is 2.22 bits per heavy atom. The van der Waals surface area contributed by atoms with Crippen molar-refractivity contribution in [2.75, 3.05) is 18.5 Å². The van der Waals surface area contributed by atoms with Crippen LogP contribution in [0.5, 0.6) is 11.5 Å². The summed E-state index contributed by atoms with van der Waals surface area (Å²) in [5.41, 5.74) is 2.46. The molecule has 1 atom stereocenters. The van der Waals surface area contributed by atoms with E-state index < -0.39 is 18.0 Å². The first-order valence-corrected chi connectivity index (χ1v) is 8.83. The lowest BCUT2D eigenvalue weighted by atomic mass is 10.1. The first-order valence-electron chi connectivity index (χ1n) is 8.83. The number of rotatable bonds is 8. The number of carbonyl (C=O) groups is 2. The molecule has 0 aliphatic rings. The van der Waals surface area contributed by atoms with Gasteiger partial charge in [-0.3, -0.25) is 4.79 Å². The zero-order chi connectivity index (χ0) is 19.8. The molecule has 2 aromatic carbocycles. The molecule has 144 valence electrons. The van der Waals surface area contributed by atoms with Crippen LogP contribution in [0.15, 0.2) is 42.5 Å². The number of carbonyl (C=O) groups excluding carboxylic acids is 2. The van der Waals surface area contributed by atoms with E-state index in [-0.39, 0.29) is 6.61 Å². The predicted octanol–water partition coefficient (Wildman–Crippen LogP) is 3.65. The molecular formula is C21H25NO5. The van der Waals surface area contributed by atoms with E-state index in [9.17, 15) is 9.59 Å². The van der Waals surface area contributed by atoms with Gasteiger partial charge in [0.2, 0.25) is 0 Å². The van der Waals surface area contributed by atoms with Gasteiger partial charge in [0.15, 0.2) is 12.7 Å². The Balaban J connectivity index is 1.83. The van der Waals surface area contributed by atoms with Crippen LogP contribution in [0.25, 0.3) is 0 Å². The average molecular weight is 371 g/mol. The normalized spacial score (nSPS) is 11.4. The molecule has 27 heavy (non-hydrogen) atoms. The van der Waals surface area contributed by atoms with Gasteiger partial charge in [-0.2, -0.15) is 0 Å². The molecule has 1 amide bonds. The van der Waals surface area contributed by atoms with Crippen LogP contribution in [0.1, 0.15) is 25.0 Å². The minimum absolute atomic E-state index is 0.258. The van der Waals surface area contributed by atoms with Crippen molar-refractivity contribution >= 4 is 17.6 Å². The van der Waals surface area contributed by atoms with Crippen LogP contribution in [-0.4, -0.2) is 31.2 Å². The summed E-state index contributed by atoms with van der Waals surface area (Å²) in [7, 11) is 0. The fourth-order valence-electron chi connectivity index (χ4n) is 2.49. The second-order valence-electron chi connectivity index (χ2n) is 6.09. The molecule has 2 rings (SSSR count). The van der Waals surface area contributed by atoms with Gasteiger partial charge in [0.1, 0.15) is 11.5 Å². The van der Waals surface area contributed by atoms with Crippen LogP contribution in [0.4, 0.5) is 5.69 Å². The van der Waals surface area contributed by atoms with E-state index in [2.05, 4.69) is 5.32 Å². The Kier molecular flexibility index (Phi) is 7.23. The zero-order valence-corrected chi connectivity index (χ0v) is 16.1. The number of amides is 1. The number of ether oxygens (including phenoxy) is 3. The van der Waals surface area contributed by atoms with Crippen molar-refractivity contribution in [1.82, 2.24) is 0 Å². The van der Waals surface area contributed by atoms with E-state index in [1.54, 1.807) is 24.3 Å². The van der Waals surface area contributed by atoms with Gasteiger partial charge in [0, 0.05) is 5.69 Å². The maximum atomic E-state index is 12.2. The van der Waals surface area contributed by atoms with E-state index in [1.807, 2.05) is 39.0 Å². The minimum Gasteiger partial charge on any atom is -0.494 e. The van der Waals surface area contributed by atoms with Crippen molar-refractivity contribution in [3.8, 4) is 11.5 Å². The summed E-state index contributed by atoms with van der Waals surface area (Å²) in [4.78, 5) is 24.2. The number of nitrogens with one attached hydrogen (secondary N) is 1. The molecule has 6 heteroatoms. The molecule has 0 radical (unpaired) electrons. The second-order valence-corrected chi connectivity index (χ2v) is 6.09. The quantitative estimate of drug-likeness (QED) is 0.717. The van der Waals surface area contributed by atoms with Crippen molar-refractivity contribution in [1.29, 1.82) is 0 Å². The van der Waals surface area contributed by atoms with E-state index in [0.29, 0.717) is 18.0 Å². The first kappa shape index (κ1) is 20.3. The van der Waals surface area contributed by atoms with E-state index in [0.717, 1.165) is 16.9 Å². The maximum Gasteiger partial charge on any atom is 0.344 e. The fourth-order valence-corrected chi connectivity index (χ4v) is 2.49. The SMILES string of the molecule is CCOc1ccc(NC(=O)C(C)OC(=O)COc2c(C)cccc2C)cc1. The van der Waals surface area contributed by atoms with Crippen molar-refractivity contribution in [2.45, 2.75) is 33.8 Å². The van der Waals surface area contributed by atoms with Crippen molar-refractivity contribution < 1.29 is 23.8 Å². The van der Waals surface area contributed by atoms with Gasteiger partial charge in [-0.05, 0) is 63.1 Å². The number of esters is 1. The molecule has 0 saturated carbocycles. The van der Waals surface area contributed by atoms with Crippen molar-refractivity contribution in [3.05, 3.63) is 53.6 Å². The molecule has 0 saturated heterocycles. The summed E-state index contributed by atoms with van der Waals surface area (Å²) < 4.78 is 16.0. The summed E-state index contributed by atoms with van der Waals surface area (Å²) in [6.07, 6.45) is -0.939. The number of para-hydroxylation sites is 1. The average Bonchev–Trinajstić information content (AvgIpc) is 2.63. The highest BCUT2D eigenvalue weighted by Gasteiger charge is 2.19. The van der Waals surface area contributed by atoms with Crippen LogP contribution in [0, 0.1) is 13.8 Å². The van der Waals surface area contributed by atoms with Gasteiger partial charge in [0.05, 0.1) is 6.61 Å². The van der Waals surface area contributed by atoms with Crippen molar-refractivity contribution in [2.24, 2.45) is 0 Å². The standard InChI is InChI=1S/C21H25NO5/c1-5-25-18-11-9-17(10-12-18)22-21(24)16(4)27-19(23)13-26-20-14(2)7-6-8-15(20)3/h6-12,16H,5,13H2,1-4H3,(H,22,24). The Bertz CT molecular complexity index is 765. The van der Waals surface area contributed by atoms with E-state index >= 15 is 0 Å². The minimum atomic E-state index is -0.939. The molecule has 0 aliphatic heterocycles. The van der Waals surface area contributed by atoms with Crippen LogP contribution in [0.2, 0.25) is 0 Å². The lowest BCUT2D eigenvalue weighted by Crippen LogP contribution is -2.31. The second kappa shape index (κ2) is 9.62. The highest BCUT2D eigenvalue weighted by molar-refractivity contribution is 5.95. The van der Waals surface area contributed by atoms with E-state index in [1.165, 1.54) is 6.92 Å². The lowest BCUT2D eigenvalue weighted by Gasteiger charge is -2.15. The van der Waals surface area contributed by atoms with Crippen LogP contribution in [-0.2, 0) is 14.3 Å². The fraction of sp³-hybridized carbons (Fsp3) is 0.333. The molecular weight excluding hydrogens is 346 g/mol. The van der Waals surface area contributed by atoms with Gasteiger partial charge in [-0.25, -0.2) is 4.79 Å². The van der Waals surface area contributed by atoms with Crippen molar-refractivity contribution in [3.63, 3.8) is 0 Å². The number of anilines is 1. The summed E-state index contributed by atoms with van der Waals surface area (Å²) >= 11 is 0. The molecule has 0 fully saturated rings. The molecule has 1 N–H and O–H groups in total. The summed E-state index contributed by atoms with van der Waals surface area (Å²) in [5.74, 6) is 0.353. The number of aryl methyl sites for hydroxylation is 2. The summed E-state index contributed by atoms with van der Waals surface area (Å²) in [5, 5.41) is 2.70. The third kappa shape index (κ3) is 6.02. The molecule has 0 aliphatic carbocycles. The highest BCUT2D eigenvalue weighted by Crippen LogP contribution is 2.22. The zero-order valence-electron chi connectivity index (χ0n) is 16.1. The Hall–Kier alpha value is -3.02. The third-order valence-corrected chi connectivity index (χ3v) is 3.85. The van der Waals surface area contributed by atoms with E-state index in [4.69, 9.17) is 14.2 Å². The molecule has 0 aromatic heterocycles. The van der Waals surface area contributed by atoms with Gasteiger partial charge in [0.25, 0.3) is 5.91 Å². The Morgan fingerprint density at radius 2 is 1.63 bits per heavy atom. The Morgan fingerprint density at radius 1 is 1.00 bits per heavy atom. The Labute approximate surface area is 159 Å². The molecule has 2 aromatic rings. The highest BCUT2D eigenvalue weighted by atomic mass is 16.6. The van der Waals surface area contributed by atoms with Gasteiger partial charge >= 0.3 is 5.97 Å². The third-order valence-electron chi connectivity index (χ3n) is 3.85. The molecule has 6 nitrogen and oxygen atoms in total. The maximum absolute atomic E-state index is 12.2. The number of hydrogen-bond acceptors (Lipinski definition) is 5. The smallest absolute Gasteiger partial charge is 0.344 e. The summed E-state index contributed by atoms with van der Waals surface area (Å²) in [6.45, 7) is 7.53. The molecule has 1 unspecified atom stereocenters. The van der Waals surface area contributed by atoms with Crippen LogP contribution >= 0.6 is 0 Å². The lowest BCUT2D eigenvalue weighted by molar-refractivity contribution is -0.155. The topological polar surface area (TPSA) is 73.9 Å². The van der Waals surface area contributed by atoms with Crippen LogP contribution in [0.3, 0.4) is 0 Å². The number of hydrogen-bond donors (Lipinski definition) is 1. The molecule has 0 heterocycles. The van der Waals surface area contributed by atoms with Gasteiger partial charge < -0.3 is 19.5 Å². The predicted molar refractivity (Wildman–Crippen MR) is 103 cm³/mol.